The van der Waals surface area contributed by atoms with Gasteiger partial charge in [-0.2, -0.15) is 0 Å². The second kappa shape index (κ2) is 3.34. The van der Waals surface area contributed by atoms with Crippen LogP contribution in [-0.4, -0.2) is 15.0 Å². The summed E-state index contributed by atoms with van der Waals surface area (Å²) in [5, 5.41) is 20.8. The van der Waals surface area contributed by atoms with E-state index in [2.05, 4.69) is 4.98 Å². The van der Waals surface area contributed by atoms with Gasteiger partial charge in [-0.05, 0) is 18.6 Å². The lowest BCUT2D eigenvalue weighted by atomic mass is 10.1. The molecule has 0 saturated carbocycles. The van der Waals surface area contributed by atoms with Crippen LogP contribution in [0.1, 0.15) is 5.56 Å². The summed E-state index contributed by atoms with van der Waals surface area (Å²) in [6, 6.07) is 4.08. The second-order valence-corrected chi connectivity index (χ2v) is 3.43. The highest BCUT2D eigenvalue weighted by molar-refractivity contribution is 5.90. The van der Waals surface area contributed by atoms with Crippen LogP contribution in [0.4, 0.5) is 5.69 Å². The number of rotatable bonds is 1. The highest BCUT2D eigenvalue weighted by atomic mass is 16.6. The van der Waals surface area contributed by atoms with Gasteiger partial charge in [0.05, 0.1) is 10.4 Å². The van der Waals surface area contributed by atoms with E-state index in [0.29, 0.717) is 10.9 Å². The molecule has 0 saturated heterocycles. The first-order chi connectivity index (χ1) is 7.50. The number of hydrogen-bond donors (Lipinski definition) is 2. The Morgan fingerprint density at radius 1 is 1.44 bits per heavy atom. The Balaban J connectivity index is 2.94. The minimum absolute atomic E-state index is 0.0965. The summed E-state index contributed by atoms with van der Waals surface area (Å²) >= 11 is 0. The Hall–Kier alpha value is -2.37. The number of aromatic amines is 1. The lowest BCUT2D eigenvalue weighted by molar-refractivity contribution is -0.385. The summed E-state index contributed by atoms with van der Waals surface area (Å²) < 4.78 is 0. The van der Waals surface area contributed by atoms with Gasteiger partial charge in [-0.15, -0.1) is 0 Å². The fourth-order valence-corrected chi connectivity index (χ4v) is 1.62. The van der Waals surface area contributed by atoms with E-state index < -0.39 is 21.9 Å². The van der Waals surface area contributed by atoms with Gasteiger partial charge in [-0.1, -0.05) is 0 Å². The van der Waals surface area contributed by atoms with Gasteiger partial charge in [0.2, 0.25) is 11.3 Å². The van der Waals surface area contributed by atoms with Crippen molar-refractivity contribution in [1.29, 1.82) is 0 Å². The molecule has 82 valence electrons. The second-order valence-electron chi connectivity index (χ2n) is 3.43. The van der Waals surface area contributed by atoms with E-state index >= 15 is 0 Å². The highest BCUT2D eigenvalue weighted by Crippen LogP contribution is 2.32. The Bertz CT molecular complexity index is 645. The van der Waals surface area contributed by atoms with Crippen molar-refractivity contribution in [3.8, 4) is 5.75 Å². The number of nitro groups is 1. The van der Waals surface area contributed by atoms with Crippen LogP contribution >= 0.6 is 0 Å². The van der Waals surface area contributed by atoms with Gasteiger partial charge in [0.1, 0.15) is 0 Å². The first kappa shape index (κ1) is 10.2. The predicted octanol–water partition coefficient (Wildman–Crippen LogP) is 1.45. The van der Waals surface area contributed by atoms with Gasteiger partial charge in [0.25, 0.3) is 0 Å². The van der Waals surface area contributed by atoms with Crippen molar-refractivity contribution in [2.75, 3.05) is 0 Å². The van der Waals surface area contributed by atoms with Gasteiger partial charge in [0.15, 0.2) is 0 Å². The standard InChI is InChI=1S/C10H8N2O4/c1-5-4-8(13)11-9-6(5)2-3-7(10(9)14)12(15)16/h2-4,14H,1H3,(H,11,13). The van der Waals surface area contributed by atoms with E-state index in [1.165, 1.54) is 18.2 Å². The van der Waals surface area contributed by atoms with Crippen LogP contribution in [0.5, 0.6) is 5.75 Å². The summed E-state index contributed by atoms with van der Waals surface area (Å²) in [7, 11) is 0. The van der Waals surface area contributed by atoms with E-state index in [-0.39, 0.29) is 5.52 Å². The zero-order valence-corrected chi connectivity index (χ0v) is 8.35. The lowest BCUT2D eigenvalue weighted by Gasteiger charge is -2.03. The summed E-state index contributed by atoms with van der Waals surface area (Å²) in [5.41, 5.74) is -0.0716. The van der Waals surface area contributed by atoms with Crippen LogP contribution in [0, 0.1) is 17.0 Å². The maximum atomic E-state index is 11.2. The number of phenolic OH excluding ortho intramolecular Hbond substituents is 1. The van der Waals surface area contributed by atoms with Crippen molar-refractivity contribution in [2.45, 2.75) is 6.92 Å². The van der Waals surface area contributed by atoms with Crippen molar-refractivity contribution in [1.82, 2.24) is 4.98 Å². The molecule has 0 bridgehead atoms. The average molecular weight is 220 g/mol. The number of nitrogens with zero attached hydrogens (tertiary/aromatic N) is 1. The molecule has 0 fully saturated rings. The molecule has 0 aliphatic heterocycles. The van der Waals surface area contributed by atoms with Crippen LogP contribution in [0.3, 0.4) is 0 Å². The molecule has 2 rings (SSSR count). The minimum Gasteiger partial charge on any atom is -0.501 e. The van der Waals surface area contributed by atoms with Crippen LogP contribution in [0.2, 0.25) is 0 Å². The van der Waals surface area contributed by atoms with Crippen molar-refractivity contribution in [3.63, 3.8) is 0 Å². The van der Waals surface area contributed by atoms with Gasteiger partial charge >= 0.3 is 5.69 Å². The maximum Gasteiger partial charge on any atom is 0.312 e. The third-order valence-electron chi connectivity index (χ3n) is 2.37. The summed E-state index contributed by atoms with van der Waals surface area (Å²) in [6.45, 7) is 1.70. The third kappa shape index (κ3) is 1.40. The molecular weight excluding hydrogens is 212 g/mol. The number of aryl methyl sites for hydroxylation is 1. The minimum atomic E-state index is -0.699. The largest absolute Gasteiger partial charge is 0.501 e. The molecule has 1 heterocycles. The number of nitro benzene ring substituents is 1. The Labute approximate surface area is 89.3 Å². The molecule has 2 aromatic rings. The molecule has 6 nitrogen and oxygen atoms in total. The fraction of sp³-hybridized carbons (Fsp3) is 0.100. The quantitative estimate of drug-likeness (QED) is 0.561. The molecule has 1 aromatic carbocycles. The first-order valence-electron chi connectivity index (χ1n) is 4.50. The monoisotopic (exact) mass is 220 g/mol. The molecule has 16 heavy (non-hydrogen) atoms. The van der Waals surface area contributed by atoms with Gasteiger partial charge in [-0.25, -0.2) is 0 Å². The van der Waals surface area contributed by atoms with E-state index in [4.69, 9.17) is 0 Å². The molecule has 0 atom stereocenters. The van der Waals surface area contributed by atoms with Gasteiger partial charge in [0, 0.05) is 17.5 Å². The smallest absolute Gasteiger partial charge is 0.312 e. The Morgan fingerprint density at radius 2 is 2.12 bits per heavy atom. The molecule has 0 aliphatic carbocycles. The average Bonchev–Trinajstić information content (AvgIpc) is 2.19. The summed E-state index contributed by atoms with van der Waals surface area (Å²) in [5.74, 6) is -0.511. The number of phenols is 1. The zero-order valence-electron chi connectivity index (χ0n) is 8.35. The van der Waals surface area contributed by atoms with Crippen LogP contribution < -0.4 is 5.56 Å². The highest BCUT2D eigenvalue weighted by Gasteiger charge is 2.17. The first-order valence-corrected chi connectivity index (χ1v) is 4.50. The van der Waals surface area contributed by atoms with Crippen molar-refractivity contribution < 1.29 is 10.0 Å². The molecule has 0 unspecified atom stereocenters. The molecule has 0 radical (unpaired) electrons. The fourth-order valence-electron chi connectivity index (χ4n) is 1.62. The van der Waals surface area contributed by atoms with Crippen molar-refractivity contribution in [2.24, 2.45) is 0 Å². The van der Waals surface area contributed by atoms with Crippen molar-refractivity contribution in [3.05, 3.63) is 44.2 Å². The summed E-state index contributed by atoms with van der Waals surface area (Å²) in [6.07, 6.45) is 0. The number of H-pyrrole nitrogens is 1. The zero-order chi connectivity index (χ0) is 11.9. The molecule has 0 aliphatic rings. The van der Waals surface area contributed by atoms with Gasteiger partial charge in [-0.3, -0.25) is 14.9 Å². The van der Waals surface area contributed by atoms with Crippen LogP contribution in [0.25, 0.3) is 10.9 Å². The number of nitrogens with one attached hydrogen (secondary N) is 1. The molecule has 0 spiro atoms. The van der Waals surface area contributed by atoms with E-state index in [1.54, 1.807) is 6.92 Å². The molecule has 6 heteroatoms. The molecule has 1 aromatic heterocycles. The maximum absolute atomic E-state index is 11.2. The van der Waals surface area contributed by atoms with Crippen molar-refractivity contribution >= 4 is 16.6 Å². The number of hydrogen-bond acceptors (Lipinski definition) is 4. The van der Waals surface area contributed by atoms with Crippen LogP contribution in [0.15, 0.2) is 23.0 Å². The Morgan fingerprint density at radius 3 is 2.75 bits per heavy atom. The number of pyridine rings is 1. The molecule has 2 N–H and O–H groups in total. The summed E-state index contributed by atoms with van der Waals surface area (Å²) in [4.78, 5) is 23.5. The van der Waals surface area contributed by atoms with E-state index in [1.807, 2.05) is 0 Å². The molecular formula is C10H8N2O4. The molecule has 0 amide bonds. The lowest BCUT2D eigenvalue weighted by Crippen LogP contribution is -2.05. The number of aromatic hydroxyl groups is 1. The van der Waals surface area contributed by atoms with Crippen LogP contribution in [-0.2, 0) is 0 Å². The Kier molecular flexibility index (Phi) is 2.12. The normalized spacial score (nSPS) is 10.6. The number of benzene rings is 1. The van der Waals surface area contributed by atoms with Gasteiger partial charge < -0.3 is 10.1 Å². The van der Waals surface area contributed by atoms with E-state index in [9.17, 15) is 20.0 Å². The topological polar surface area (TPSA) is 96.2 Å². The number of fused-ring (bicyclic) bond motifs is 1. The SMILES string of the molecule is Cc1cc(=O)[nH]c2c(O)c([N+](=O)[O-])ccc12. The number of aromatic nitrogens is 1. The third-order valence-corrected chi connectivity index (χ3v) is 2.37. The predicted molar refractivity (Wildman–Crippen MR) is 57.6 cm³/mol. The van der Waals surface area contributed by atoms with E-state index in [0.717, 1.165) is 0 Å².